The highest BCUT2D eigenvalue weighted by atomic mass is 32.2. The lowest BCUT2D eigenvalue weighted by molar-refractivity contribution is -0.149. The molecule has 5 nitrogen and oxygen atoms in total. The average Bonchev–Trinajstić information content (AvgIpc) is 3.20. The molecule has 2 rings (SSSR count). The summed E-state index contributed by atoms with van der Waals surface area (Å²) in [6.07, 6.45) is 0. The number of rotatable bonds is 6. The Kier molecular flexibility index (Phi) is 4.39. The van der Waals surface area contributed by atoms with Gasteiger partial charge in [-0.25, -0.2) is 8.42 Å². The van der Waals surface area contributed by atoms with Gasteiger partial charge in [-0.1, -0.05) is 37.3 Å². The maximum atomic E-state index is 12.4. The average molecular weight is 311 g/mol. The van der Waals surface area contributed by atoms with Crippen LogP contribution in [-0.2, 0) is 19.4 Å². The number of nitrogens with two attached hydrogens (primary N) is 1. The highest BCUT2D eigenvalue weighted by molar-refractivity contribution is 7.92. The molecule has 1 aromatic rings. The van der Waals surface area contributed by atoms with Crippen molar-refractivity contribution in [1.29, 1.82) is 0 Å². The van der Waals surface area contributed by atoms with E-state index in [2.05, 4.69) is 0 Å². The molecule has 0 radical (unpaired) electrons. The summed E-state index contributed by atoms with van der Waals surface area (Å²) in [6, 6.07) is 9.17. The van der Waals surface area contributed by atoms with Gasteiger partial charge < -0.3 is 10.5 Å². The van der Waals surface area contributed by atoms with Crippen molar-refractivity contribution in [3.8, 4) is 0 Å². The van der Waals surface area contributed by atoms with Crippen LogP contribution in [0.15, 0.2) is 30.3 Å². The summed E-state index contributed by atoms with van der Waals surface area (Å²) in [5.41, 5.74) is 5.48. The predicted molar refractivity (Wildman–Crippen MR) is 80.6 cm³/mol. The van der Waals surface area contributed by atoms with Crippen LogP contribution in [0.3, 0.4) is 0 Å². The smallest absolute Gasteiger partial charge is 0.315 e. The van der Waals surface area contributed by atoms with Crippen molar-refractivity contribution in [2.75, 3.05) is 18.9 Å². The Balaban J connectivity index is 2.48. The number of benzene rings is 1. The number of carbonyl (C=O) groups excluding carboxylic acids is 1. The Morgan fingerprint density at radius 1 is 1.29 bits per heavy atom. The molecule has 0 spiro atoms. The van der Waals surface area contributed by atoms with E-state index in [-0.39, 0.29) is 18.9 Å². The molecule has 0 heterocycles. The summed E-state index contributed by atoms with van der Waals surface area (Å²) >= 11 is 0. The Morgan fingerprint density at radius 3 is 2.38 bits per heavy atom. The van der Waals surface area contributed by atoms with Crippen molar-refractivity contribution in [2.24, 2.45) is 11.1 Å². The van der Waals surface area contributed by atoms with Crippen LogP contribution < -0.4 is 5.73 Å². The molecule has 0 amide bonds. The van der Waals surface area contributed by atoms with Gasteiger partial charge in [-0.3, -0.25) is 4.79 Å². The first-order chi connectivity index (χ1) is 9.95. The van der Waals surface area contributed by atoms with Crippen LogP contribution in [0, 0.1) is 5.41 Å². The summed E-state index contributed by atoms with van der Waals surface area (Å²) in [6.45, 7) is 3.46. The maximum Gasteiger partial charge on any atom is 0.315 e. The van der Waals surface area contributed by atoms with Gasteiger partial charge in [0.1, 0.15) is 5.41 Å². The summed E-state index contributed by atoms with van der Waals surface area (Å²) < 4.78 is 29.8. The summed E-state index contributed by atoms with van der Waals surface area (Å²) in [7, 11) is -3.39. The quantitative estimate of drug-likeness (QED) is 0.795. The molecule has 1 aromatic carbocycles. The molecular formula is C15H21NO4S. The van der Waals surface area contributed by atoms with Crippen molar-refractivity contribution in [1.82, 2.24) is 0 Å². The molecule has 0 saturated heterocycles. The van der Waals surface area contributed by atoms with Crippen LogP contribution in [0.5, 0.6) is 0 Å². The van der Waals surface area contributed by atoms with Crippen molar-refractivity contribution in [2.45, 2.75) is 25.0 Å². The molecule has 1 saturated carbocycles. The van der Waals surface area contributed by atoms with E-state index in [0.29, 0.717) is 0 Å². The Hall–Kier alpha value is -1.40. The van der Waals surface area contributed by atoms with Gasteiger partial charge in [0, 0.05) is 18.2 Å². The standard InChI is InChI=1S/C15H21NO4S/c1-3-20-14(17)15(10-16)12(11-8-6-5-7-9-11)13(15)21(18,19)4-2/h5-9,12-13H,3-4,10,16H2,1-2H3. The van der Waals surface area contributed by atoms with Crippen LogP contribution in [0.1, 0.15) is 25.3 Å². The van der Waals surface area contributed by atoms with Crippen LogP contribution >= 0.6 is 0 Å². The Morgan fingerprint density at radius 2 is 1.90 bits per heavy atom. The lowest BCUT2D eigenvalue weighted by Gasteiger charge is -2.14. The third-order valence-electron chi connectivity index (χ3n) is 4.20. The molecular weight excluding hydrogens is 290 g/mol. The Bertz CT molecular complexity index is 614. The number of sulfone groups is 1. The molecule has 0 bridgehead atoms. The van der Waals surface area contributed by atoms with E-state index in [1.54, 1.807) is 13.8 Å². The van der Waals surface area contributed by atoms with E-state index >= 15 is 0 Å². The summed E-state index contributed by atoms with van der Waals surface area (Å²) in [5, 5.41) is -0.790. The van der Waals surface area contributed by atoms with Gasteiger partial charge in [0.15, 0.2) is 9.84 Å². The minimum atomic E-state index is -3.39. The number of esters is 1. The minimum Gasteiger partial charge on any atom is -0.465 e. The van der Waals surface area contributed by atoms with E-state index in [0.717, 1.165) is 5.56 Å². The topological polar surface area (TPSA) is 86.5 Å². The fourth-order valence-corrected chi connectivity index (χ4v) is 5.15. The zero-order valence-electron chi connectivity index (χ0n) is 12.3. The fourth-order valence-electron chi connectivity index (χ4n) is 3.08. The van der Waals surface area contributed by atoms with E-state index < -0.39 is 32.4 Å². The Labute approximate surface area is 125 Å². The largest absolute Gasteiger partial charge is 0.465 e. The molecule has 1 aliphatic rings. The first kappa shape index (κ1) is 16.0. The second-order valence-electron chi connectivity index (χ2n) is 5.23. The van der Waals surface area contributed by atoms with Crippen LogP contribution in [0.2, 0.25) is 0 Å². The molecule has 3 atom stereocenters. The third-order valence-corrected chi connectivity index (χ3v) is 6.47. The normalized spacial score (nSPS) is 28.1. The van der Waals surface area contributed by atoms with E-state index in [1.165, 1.54) is 0 Å². The molecule has 0 aliphatic heterocycles. The number of hydrogen-bond donors (Lipinski definition) is 1. The molecule has 0 aromatic heterocycles. The number of hydrogen-bond acceptors (Lipinski definition) is 5. The van der Waals surface area contributed by atoms with Gasteiger partial charge in [-0.05, 0) is 12.5 Å². The highest BCUT2D eigenvalue weighted by Crippen LogP contribution is 2.63. The molecule has 1 aliphatic carbocycles. The molecule has 2 N–H and O–H groups in total. The van der Waals surface area contributed by atoms with Crippen molar-refractivity contribution >= 4 is 15.8 Å². The zero-order valence-corrected chi connectivity index (χ0v) is 13.1. The summed E-state index contributed by atoms with van der Waals surface area (Å²) in [5.74, 6) is -0.946. The van der Waals surface area contributed by atoms with E-state index in [9.17, 15) is 13.2 Å². The first-order valence-electron chi connectivity index (χ1n) is 7.09. The monoisotopic (exact) mass is 311 g/mol. The fraction of sp³-hybridized carbons (Fsp3) is 0.533. The third kappa shape index (κ3) is 2.46. The molecule has 1 fully saturated rings. The van der Waals surface area contributed by atoms with Gasteiger partial charge in [0.2, 0.25) is 0 Å². The van der Waals surface area contributed by atoms with Crippen molar-refractivity contribution in [3.05, 3.63) is 35.9 Å². The van der Waals surface area contributed by atoms with Gasteiger partial charge >= 0.3 is 5.97 Å². The molecule has 3 unspecified atom stereocenters. The van der Waals surface area contributed by atoms with E-state index in [4.69, 9.17) is 10.5 Å². The van der Waals surface area contributed by atoms with Gasteiger partial charge in [0.05, 0.1) is 11.9 Å². The van der Waals surface area contributed by atoms with Gasteiger partial charge in [-0.15, -0.1) is 0 Å². The van der Waals surface area contributed by atoms with Crippen LogP contribution in [0.4, 0.5) is 0 Å². The highest BCUT2D eigenvalue weighted by Gasteiger charge is 2.74. The molecule has 21 heavy (non-hydrogen) atoms. The van der Waals surface area contributed by atoms with Crippen molar-refractivity contribution in [3.63, 3.8) is 0 Å². The second kappa shape index (κ2) is 5.77. The van der Waals surface area contributed by atoms with Gasteiger partial charge in [0.25, 0.3) is 0 Å². The van der Waals surface area contributed by atoms with Crippen LogP contribution in [-0.4, -0.2) is 38.5 Å². The minimum absolute atomic E-state index is 0.0118. The maximum absolute atomic E-state index is 12.4. The predicted octanol–water partition coefficient (Wildman–Crippen LogP) is 1.10. The summed E-state index contributed by atoms with van der Waals surface area (Å²) in [4.78, 5) is 12.3. The first-order valence-corrected chi connectivity index (χ1v) is 8.81. The second-order valence-corrected chi connectivity index (χ2v) is 7.64. The molecule has 116 valence electrons. The van der Waals surface area contributed by atoms with Gasteiger partial charge in [-0.2, -0.15) is 0 Å². The van der Waals surface area contributed by atoms with Crippen LogP contribution in [0.25, 0.3) is 0 Å². The zero-order chi connectivity index (χ0) is 15.7. The number of carbonyl (C=O) groups is 1. The lowest BCUT2D eigenvalue weighted by atomic mass is 9.99. The number of ether oxygens (including phenoxy) is 1. The SMILES string of the molecule is CCOC(=O)C1(CN)C(c2ccccc2)C1S(=O)(=O)CC. The molecule has 6 heteroatoms. The lowest BCUT2D eigenvalue weighted by Crippen LogP contribution is -2.34. The van der Waals surface area contributed by atoms with Crippen molar-refractivity contribution < 1.29 is 17.9 Å². The van der Waals surface area contributed by atoms with E-state index in [1.807, 2.05) is 30.3 Å².